The highest BCUT2D eigenvalue weighted by molar-refractivity contribution is 6.38. The van der Waals surface area contributed by atoms with Gasteiger partial charge in [-0.2, -0.15) is 0 Å². The maximum absolute atomic E-state index is 15.4. The van der Waals surface area contributed by atoms with E-state index in [0.29, 0.717) is 30.9 Å². The molecule has 0 saturated heterocycles. The van der Waals surface area contributed by atoms with Crippen LogP contribution >= 0.6 is 11.6 Å². The number of halogens is 2. The minimum Gasteiger partial charge on any atom is -0.477 e. The molecule has 1 saturated carbocycles. The zero-order chi connectivity index (χ0) is 24.7. The standard InChI is InChI=1S/C25H24ClFN4O4/c26-21-22-17(24(32)18(25(33)34)11-31(22)16-6-7-16)8-19(27)23(21)30-10-15(9-28)20(12-30)29-35-13-14-4-2-1-3-5-14/h1-5,8,11-12,15-16,29H,6-7,9-10,13,28H2,(H,33,34). The second kappa shape index (κ2) is 9.33. The minimum atomic E-state index is -1.36. The molecule has 35 heavy (non-hydrogen) atoms. The number of carboxylic acids is 1. The van der Waals surface area contributed by atoms with Crippen molar-refractivity contribution in [2.24, 2.45) is 11.7 Å². The molecule has 2 aromatic carbocycles. The number of anilines is 1. The summed E-state index contributed by atoms with van der Waals surface area (Å²) in [4.78, 5) is 31.7. The monoisotopic (exact) mass is 498 g/mol. The third kappa shape index (κ3) is 4.38. The number of hydrogen-bond acceptors (Lipinski definition) is 6. The second-order valence-corrected chi connectivity index (χ2v) is 9.16. The van der Waals surface area contributed by atoms with Crippen molar-refractivity contribution >= 4 is 34.2 Å². The molecular formula is C25H24ClFN4O4. The number of nitrogens with two attached hydrogens (primary N) is 1. The van der Waals surface area contributed by atoms with E-state index in [0.717, 1.165) is 24.5 Å². The van der Waals surface area contributed by atoms with E-state index in [9.17, 15) is 14.7 Å². The molecule has 0 bridgehead atoms. The van der Waals surface area contributed by atoms with Crippen LogP contribution in [-0.4, -0.2) is 28.7 Å². The molecule has 0 spiro atoms. The summed E-state index contributed by atoms with van der Waals surface area (Å²) in [6.45, 7) is 0.988. The molecule has 2 heterocycles. The summed E-state index contributed by atoms with van der Waals surface area (Å²) < 4.78 is 17.1. The van der Waals surface area contributed by atoms with Crippen LogP contribution in [0, 0.1) is 11.7 Å². The summed E-state index contributed by atoms with van der Waals surface area (Å²) in [5.41, 5.74) is 9.83. The third-order valence-corrected chi connectivity index (χ3v) is 6.71. The highest BCUT2D eigenvalue weighted by Gasteiger charge is 2.32. The summed E-state index contributed by atoms with van der Waals surface area (Å²) in [5, 5.41) is 9.47. The molecule has 1 fully saturated rings. The van der Waals surface area contributed by atoms with Gasteiger partial charge in [0.25, 0.3) is 0 Å². The van der Waals surface area contributed by atoms with Crippen LogP contribution in [0.5, 0.6) is 0 Å². The van der Waals surface area contributed by atoms with Crippen LogP contribution in [0.25, 0.3) is 10.9 Å². The first-order valence-electron chi connectivity index (χ1n) is 11.3. The van der Waals surface area contributed by atoms with Gasteiger partial charge in [-0.15, -0.1) is 0 Å². The van der Waals surface area contributed by atoms with Crippen molar-refractivity contribution in [3.05, 3.63) is 86.7 Å². The number of rotatable bonds is 8. The Morgan fingerprint density at radius 2 is 2.03 bits per heavy atom. The molecule has 182 valence electrons. The Morgan fingerprint density at radius 3 is 2.69 bits per heavy atom. The molecule has 8 nitrogen and oxygen atoms in total. The van der Waals surface area contributed by atoms with Crippen LogP contribution in [0.2, 0.25) is 5.02 Å². The molecule has 2 aliphatic rings. The molecule has 1 aliphatic carbocycles. The molecule has 0 amide bonds. The molecule has 0 radical (unpaired) electrons. The number of aromatic nitrogens is 1. The lowest BCUT2D eigenvalue weighted by atomic mass is 10.1. The largest absolute Gasteiger partial charge is 0.477 e. The quantitative estimate of drug-likeness (QED) is 0.405. The van der Waals surface area contributed by atoms with Crippen LogP contribution in [0.4, 0.5) is 10.1 Å². The predicted octanol–water partition coefficient (Wildman–Crippen LogP) is 3.78. The topological polar surface area (TPSA) is 110 Å². The van der Waals surface area contributed by atoms with Crippen LogP contribution in [0.1, 0.15) is 34.8 Å². The number of pyridine rings is 1. The maximum atomic E-state index is 15.4. The van der Waals surface area contributed by atoms with Crippen LogP contribution < -0.4 is 21.5 Å². The fraction of sp³-hybridized carbons (Fsp3) is 0.280. The van der Waals surface area contributed by atoms with Crippen molar-refractivity contribution in [3.8, 4) is 0 Å². The third-order valence-electron chi connectivity index (χ3n) is 6.35. The van der Waals surface area contributed by atoms with E-state index in [1.165, 1.54) is 6.20 Å². The summed E-state index contributed by atoms with van der Waals surface area (Å²) in [6, 6.07) is 10.7. The van der Waals surface area contributed by atoms with Gasteiger partial charge in [-0.25, -0.2) is 9.18 Å². The number of carboxylic acid groups (broad SMARTS) is 1. The molecule has 5 rings (SSSR count). The summed E-state index contributed by atoms with van der Waals surface area (Å²) in [5.74, 6) is -2.23. The number of carbonyl (C=O) groups is 1. The lowest BCUT2D eigenvalue weighted by molar-refractivity contribution is 0.0440. The van der Waals surface area contributed by atoms with Crippen molar-refractivity contribution in [1.82, 2.24) is 10.0 Å². The number of nitrogens with zero attached hydrogens (tertiary/aromatic N) is 2. The number of fused-ring (bicyclic) bond motifs is 1. The van der Waals surface area contributed by atoms with Gasteiger partial charge >= 0.3 is 5.97 Å². The number of benzene rings is 2. The van der Waals surface area contributed by atoms with Crippen molar-refractivity contribution in [3.63, 3.8) is 0 Å². The number of nitrogens with one attached hydrogen (secondary N) is 1. The number of aromatic carboxylic acids is 1. The molecule has 1 aliphatic heterocycles. The van der Waals surface area contributed by atoms with Gasteiger partial charge in [0, 0.05) is 37.4 Å². The van der Waals surface area contributed by atoms with Crippen LogP contribution in [0.3, 0.4) is 0 Å². The molecular weight excluding hydrogens is 475 g/mol. The Bertz CT molecular complexity index is 1390. The Hall–Kier alpha value is -3.40. The maximum Gasteiger partial charge on any atom is 0.341 e. The fourth-order valence-electron chi connectivity index (χ4n) is 4.39. The van der Waals surface area contributed by atoms with Gasteiger partial charge in [-0.05, 0) is 24.5 Å². The van der Waals surface area contributed by atoms with Crippen LogP contribution in [-0.2, 0) is 11.4 Å². The Kier molecular flexibility index (Phi) is 6.22. The smallest absolute Gasteiger partial charge is 0.341 e. The average molecular weight is 499 g/mol. The van der Waals surface area contributed by atoms with Crippen molar-refractivity contribution in [2.75, 3.05) is 18.0 Å². The average Bonchev–Trinajstić information content (AvgIpc) is 3.61. The van der Waals surface area contributed by atoms with Crippen LogP contribution in [0.15, 0.2) is 59.3 Å². The summed E-state index contributed by atoms with van der Waals surface area (Å²) in [6.07, 6.45) is 4.66. The molecule has 10 heteroatoms. The van der Waals surface area contributed by atoms with Crippen molar-refractivity contribution < 1.29 is 19.1 Å². The van der Waals surface area contributed by atoms with E-state index >= 15 is 4.39 Å². The number of hydrogen-bond donors (Lipinski definition) is 3. The van der Waals surface area contributed by atoms with E-state index < -0.39 is 22.8 Å². The van der Waals surface area contributed by atoms with Gasteiger partial charge in [0.2, 0.25) is 5.43 Å². The van der Waals surface area contributed by atoms with Gasteiger partial charge in [-0.3, -0.25) is 15.1 Å². The van der Waals surface area contributed by atoms with E-state index in [1.54, 1.807) is 15.7 Å². The van der Waals surface area contributed by atoms with Crippen molar-refractivity contribution in [2.45, 2.75) is 25.5 Å². The Morgan fingerprint density at radius 1 is 1.29 bits per heavy atom. The van der Waals surface area contributed by atoms with Gasteiger partial charge in [-0.1, -0.05) is 41.9 Å². The highest BCUT2D eigenvalue weighted by atomic mass is 35.5. The fourth-order valence-corrected chi connectivity index (χ4v) is 4.79. The second-order valence-electron chi connectivity index (χ2n) is 8.78. The normalized spacial score (nSPS) is 17.6. The minimum absolute atomic E-state index is 0.0153. The zero-order valence-electron chi connectivity index (χ0n) is 18.7. The van der Waals surface area contributed by atoms with E-state index in [1.807, 2.05) is 30.3 Å². The first-order valence-corrected chi connectivity index (χ1v) is 11.7. The van der Waals surface area contributed by atoms with Gasteiger partial charge in [0.1, 0.15) is 11.4 Å². The van der Waals surface area contributed by atoms with E-state index in [-0.39, 0.29) is 28.1 Å². The van der Waals surface area contributed by atoms with Gasteiger partial charge in [0.15, 0.2) is 0 Å². The summed E-state index contributed by atoms with van der Waals surface area (Å²) in [7, 11) is 0. The Balaban J connectivity index is 1.51. The zero-order valence-corrected chi connectivity index (χ0v) is 19.5. The lowest BCUT2D eigenvalue weighted by Crippen LogP contribution is -2.28. The molecule has 1 unspecified atom stereocenters. The first-order chi connectivity index (χ1) is 16.9. The molecule has 3 aromatic rings. The van der Waals surface area contributed by atoms with Gasteiger partial charge in [0.05, 0.1) is 33.9 Å². The molecule has 1 aromatic heterocycles. The first kappa shape index (κ1) is 23.3. The van der Waals surface area contributed by atoms with E-state index in [4.69, 9.17) is 22.2 Å². The predicted molar refractivity (Wildman–Crippen MR) is 131 cm³/mol. The SMILES string of the molecule is NCC1CN(c2c(F)cc3c(=O)c(C(=O)O)cn(C4CC4)c3c2Cl)C=C1NOCc1ccccc1. The number of hydroxylamine groups is 1. The highest BCUT2D eigenvalue weighted by Crippen LogP contribution is 2.43. The molecule has 4 N–H and O–H groups in total. The lowest BCUT2D eigenvalue weighted by Gasteiger charge is -2.22. The van der Waals surface area contributed by atoms with Crippen molar-refractivity contribution in [1.29, 1.82) is 0 Å². The Labute approximate surface area is 205 Å². The molecule has 1 atom stereocenters. The van der Waals surface area contributed by atoms with Gasteiger partial charge < -0.3 is 20.3 Å². The summed E-state index contributed by atoms with van der Waals surface area (Å²) >= 11 is 6.73. The van der Waals surface area contributed by atoms with E-state index in [2.05, 4.69) is 5.48 Å².